The first-order chi connectivity index (χ1) is 6.77. The molecule has 0 saturated carbocycles. The normalized spacial score (nSPS) is 21.8. The zero-order valence-electron chi connectivity index (χ0n) is 9.29. The van der Waals surface area contributed by atoms with Crippen molar-refractivity contribution in [3.05, 3.63) is 0 Å². The number of rotatable bonds is 4. The van der Waals surface area contributed by atoms with Gasteiger partial charge in [0.15, 0.2) is 0 Å². The predicted molar refractivity (Wildman–Crippen MR) is 57.9 cm³/mol. The second kappa shape index (κ2) is 6.00. The molecule has 1 unspecified atom stereocenters. The molecule has 1 aliphatic heterocycles. The maximum atomic E-state index is 8.79. The smallest absolute Gasteiger partial charge is 0.0949 e. The molecule has 0 aliphatic carbocycles. The van der Waals surface area contributed by atoms with Gasteiger partial charge in [0.2, 0.25) is 0 Å². The summed E-state index contributed by atoms with van der Waals surface area (Å²) in [5, 5.41) is 12.2. The highest BCUT2D eigenvalue weighted by Gasteiger charge is 2.21. The Morgan fingerprint density at radius 2 is 2.14 bits per heavy atom. The van der Waals surface area contributed by atoms with E-state index in [0.717, 1.165) is 32.1 Å². The molecule has 0 spiro atoms. The van der Waals surface area contributed by atoms with Crippen molar-refractivity contribution in [3.63, 3.8) is 0 Å². The van der Waals surface area contributed by atoms with E-state index in [1.807, 2.05) is 6.92 Å². The van der Waals surface area contributed by atoms with Crippen molar-refractivity contribution >= 4 is 0 Å². The first-order valence-electron chi connectivity index (χ1n) is 5.62. The van der Waals surface area contributed by atoms with Gasteiger partial charge in [0, 0.05) is 0 Å². The maximum Gasteiger partial charge on any atom is 0.0949 e. The summed E-state index contributed by atoms with van der Waals surface area (Å²) in [5.41, 5.74) is 0. The molecule has 0 aromatic heterocycles. The van der Waals surface area contributed by atoms with Gasteiger partial charge in [-0.2, -0.15) is 5.26 Å². The van der Waals surface area contributed by atoms with Crippen molar-refractivity contribution < 1.29 is 0 Å². The Bertz CT molecular complexity index is 189. The molecule has 3 heteroatoms. The lowest BCUT2D eigenvalue weighted by molar-refractivity contribution is 0.164. The van der Waals surface area contributed by atoms with E-state index in [1.165, 1.54) is 12.8 Å². The molecule has 1 aliphatic rings. The van der Waals surface area contributed by atoms with Gasteiger partial charge in [0.05, 0.1) is 12.1 Å². The van der Waals surface area contributed by atoms with Gasteiger partial charge in [0.1, 0.15) is 0 Å². The van der Waals surface area contributed by atoms with Crippen LogP contribution in [0, 0.1) is 17.2 Å². The molecule has 1 fully saturated rings. The van der Waals surface area contributed by atoms with E-state index in [2.05, 4.69) is 23.2 Å². The Morgan fingerprint density at radius 3 is 2.64 bits per heavy atom. The standard InChI is InChI=1S/C11H21N3/c1-3-13-9-11-4-6-14(7-5-11)10(2)8-12/h10-11,13H,3-7,9H2,1-2H3. The first-order valence-corrected chi connectivity index (χ1v) is 5.62. The molecular formula is C11H21N3. The molecule has 0 bridgehead atoms. The third kappa shape index (κ3) is 3.28. The van der Waals surface area contributed by atoms with E-state index < -0.39 is 0 Å². The minimum Gasteiger partial charge on any atom is -0.317 e. The van der Waals surface area contributed by atoms with Crippen LogP contribution in [0.25, 0.3) is 0 Å². The van der Waals surface area contributed by atoms with Crippen LogP contribution in [0.3, 0.4) is 0 Å². The summed E-state index contributed by atoms with van der Waals surface area (Å²) in [6.07, 6.45) is 2.47. The Kier molecular flexibility index (Phi) is 4.92. The third-order valence-electron chi connectivity index (χ3n) is 3.07. The van der Waals surface area contributed by atoms with Crippen molar-refractivity contribution in [2.75, 3.05) is 26.2 Å². The molecule has 1 atom stereocenters. The summed E-state index contributed by atoms with van der Waals surface area (Å²) in [5.74, 6) is 0.817. The highest BCUT2D eigenvalue weighted by molar-refractivity contribution is 4.90. The fourth-order valence-electron chi connectivity index (χ4n) is 1.97. The average molecular weight is 195 g/mol. The fourth-order valence-corrected chi connectivity index (χ4v) is 1.97. The average Bonchev–Trinajstić information content (AvgIpc) is 2.26. The van der Waals surface area contributed by atoms with Crippen LogP contribution in [0.4, 0.5) is 0 Å². The molecule has 80 valence electrons. The molecule has 3 nitrogen and oxygen atoms in total. The maximum absolute atomic E-state index is 8.79. The molecule has 1 rings (SSSR count). The number of hydrogen-bond donors (Lipinski definition) is 1. The summed E-state index contributed by atoms with van der Waals surface area (Å²) < 4.78 is 0. The van der Waals surface area contributed by atoms with Gasteiger partial charge in [-0.05, 0) is 51.9 Å². The molecule has 0 amide bonds. The van der Waals surface area contributed by atoms with Gasteiger partial charge in [-0.1, -0.05) is 6.92 Å². The Labute approximate surface area is 87.1 Å². The van der Waals surface area contributed by atoms with Gasteiger partial charge < -0.3 is 5.32 Å². The Balaban J connectivity index is 2.21. The van der Waals surface area contributed by atoms with E-state index in [4.69, 9.17) is 5.26 Å². The fraction of sp³-hybridized carbons (Fsp3) is 0.909. The Morgan fingerprint density at radius 1 is 1.50 bits per heavy atom. The van der Waals surface area contributed by atoms with Crippen LogP contribution in [0.2, 0.25) is 0 Å². The number of nitrogens with zero attached hydrogens (tertiary/aromatic N) is 2. The molecule has 1 heterocycles. The molecule has 0 radical (unpaired) electrons. The molecule has 0 aromatic rings. The topological polar surface area (TPSA) is 39.1 Å². The van der Waals surface area contributed by atoms with Crippen molar-refractivity contribution in [1.29, 1.82) is 5.26 Å². The van der Waals surface area contributed by atoms with Gasteiger partial charge in [-0.3, -0.25) is 4.90 Å². The zero-order chi connectivity index (χ0) is 10.4. The molecular weight excluding hydrogens is 174 g/mol. The van der Waals surface area contributed by atoms with Crippen LogP contribution in [0.5, 0.6) is 0 Å². The summed E-state index contributed by atoms with van der Waals surface area (Å²) >= 11 is 0. The van der Waals surface area contributed by atoms with Crippen molar-refractivity contribution in [2.45, 2.75) is 32.7 Å². The van der Waals surface area contributed by atoms with Gasteiger partial charge in [-0.25, -0.2) is 0 Å². The number of hydrogen-bond acceptors (Lipinski definition) is 3. The number of nitriles is 1. The molecule has 14 heavy (non-hydrogen) atoms. The van der Waals surface area contributed by atoms with Crippen LogP contribution >= 0.6 is 0 Å². The van der Waals surface area contributed by atoms with Gasteiger partial charge in [0.25, 0.3) is 0 Å². The summed E-state index contributed by atoms with van der Waals surface area (Å²) in [6, 6.07) is 2.40. The van der Waals surface area contributed by atoms with E-state index in [9.17, 15) is 0 Å². The van der Waals surface area contributed by atoms with Gasteiger partial charge >= 0.3 is 0 Å². The van der Waals surface area contributed by atoms with Crippen molar-refractivity contribution in [3.8, 4) is 6.07 Å². The quantitative estimate of drug-likeness (QED) is 0.733. The van der Waals surface area contributed by atoms with Crippen LogP contribution < -0.4 is 5.32 Å². The number of nitrogens with one attached hydrogen (secondary N) is 1. The monoisotopic (exact) mass is 195 g/mol. The van der Waals surface area contributed by atoms with E-state index >= 15 is 0 Å². The lowest BCUT2D eigenvalue weighted by atomic mass is 9.96. The number of likely N-dealkylation sites (tertiary alicyclic amines) is 1. The van der Waals surface area contributed by atoms with Crippen LogP contribution in [-0.4, -0.2) is 37.1 Å². The highest BCUT2D eigenvalue weighted by atomic mass is 15.2. The Hall–Kier alpha value is -0.590. The predicted octanol–water partition coefficient (Wildman–Crippen LogP) is 1.22. The molecule has 1 N–H and O–H groups in total. The number of piperidine rings is 1. The SMILES string of the molecule is CCNCC1CCN(C(C)C#N)CC1. The minimum atomic E-state index is 0.0927. The molecule has 0 aromatic carbocycles. The van der Waals surface area contributed by atoms with E-state index in [0.29, 0.717) is 0 Å². The zero-order valence-corrected chi connectivity index (χ0v) is 9.29. The second-order valence-electron chi connectivity index (χ2n) is 4.09. The van der Waals surface area contributed by atoms with Crippen molar-refractivity contribution in [2.24, 2.45) is 5.92 Å². The van der Waals surface area contributed by atoms with E-state index in [-0.39, 0.29) is 6.04 Å². The lowest BCUT2D eigenvalue weighted by Gasteiger charge is -2.33. The summed E-state index contributed by atoms with van der Waals surface area (Å²) in [7, 11) is 0. The first kappa shape index (κ1) is 11.5. The largest absolute Gasteiger partial charge is 0.317 e. The summed E-state index contributed by atoms with van der Waals surface area (Å²) in [4.78, 5) is 2.28. The summed E-state index contributed by atoms with van der Waals surface area (Å²) in [6.45, 7) is 8.52. The lowest BCUT2D eigenvalue weighted by Crippen LogP contribution is -2.41. The van der Waals surface area contributed by atoms with Gasteiger partial charge in [-0.15, -0.1) is 0 Å². The van der Waals surface area contributed by atoms with Crippen LogP contribution in [0.15, 0.2) is 0 Å². The molecule has 1 saturated heterocycles. The second-order valence-corrected chi connectivity index (χ2v) is 4.09. The minimum absolute atomic E-state index is 0.0927. The van der Waals surface area contributed by atoms with Crippen molar-refractivity contribution in [1.82, 2.24) is 10.2 Å². The third-order valence-corrected chi connectivity index (χ3v) is 3.07. The van der Waals surface area contributed by atoms with E-state index in [1.54, 1.807) is 0 Å². The van der Waals surface area contributed by atoms with Crippen LogP contribution in [0.1, 0.15) is 26.7 Å². The van der Waals surface area contributed by atoms with Crippen LogP contribution in [-0.2, 0) is 0 Å². The highest BCUT2D eigenvalue weighted by Crippen LogP contribution is 2.17.